The van der Waals surface area contributed by atoms with Gasteiger partial charge in [-0.1, -0.05) is 45.0 Å². The van der Waals surface area contributed by atoms with Crippen LogP contribution in [0.3, 0.4) is 0 Å². The zero-order valence-electron chi connectivity index (χ0n) is 10.7. The first-order chi connectivity index (χ1) is 7.95. The van der Waals surface area contributed by atoms with Crippen LogP contribution >= 0.6 is 0 Å². The number of aliphatic carboxylic acids is 1. The van der Waals surface area contributed by atoms with E-state index in [2.05, 4.69) is 32.9 Å². The van der Waals surface area contributed by atoms with Crippen LogP contribution in [-0.4, -0.2) is 11.1 Å². The van der Waals surface area contributed by atoms with Gasteiger partial charge < -0.3 is 5.11 Å². The van der Waals surface area contributed by atoms with Gasteiger partial charge in [-0.05, 0) is 35.8 Å². The lowest BCUT2D eigenvalue weighted by Crippen LogP contribution is -2.46. The third kappa shape index (κ3) is 1.97. The second kappa shape index (κ2) is 4.17. The van der Waals surface area contributed by atoms with Crippen molar-refractivity contribution in [3.63, 3.8) is 0 Å². The van der Waals surface area contributed by atoms with Gasteiger partial charge in [0.25, 0.3) is 0 Å². The number of benzene rings is 1. The average molecular weight is 232 g/mol. The van der Waals surface area contributed by atoms with Gasteiger partial charge in [0.05, 0.1) is 5.41 Å². The lowest BCUT2D eigenvalue weighted by atomic mass is 9.59. The smallest absolute Gasteiger partial charge is 0.314 e. The molecule has 2 nitrogen and oxygen atoms in total. The molecule has 0 spiro atoms. The minimum absolute atomic E-state index is 0.491. The fourth-order valence-corrected chi connectivity index (χ4v) is 2.85. The van der Waals surface area contributed by atoms with E-state index in [4.69, 9.17) is 0 Å². The Balaban J connectivity index is 2.29. The van der Waals surface area contributed by atoms with Crippen molar-refractivity contribution in [1.82, 2.24) is 0 Å². The molecule has 1 N–H and O–H groups in total. The van der Waals surface area contributed by atoms with Gasteiger partial charge in [0.15, 0.2) is 0 Å². The maximum atomic E-state index is 11.5. The Hall–Kier alpha value is -1.31. The Morgan fingerprint density at radius 1 is 1.29 bits per heavy atom. The summed E-state index contributed by atoms with van der Waals surface area (Å²) in [4.78, 5) is 11.5. The number of hydrogen-bond acceptors (Lipinski definition) is 1. The van der Waals surface area contributed by atoms with Gasteiger partial charge in [0.2, 0.25) is 0 Å². The Labute approximate surface area is 103 Å². The van der Waals surface area contributed by atoms with Crippen molar-refractivity contribution in [2.24, 2.45) is 5.92 Å². The predicted octanol–water partition coefficient (Wildman–Crippen LogP) is 3.56. The molecule has 2 heteroatoms. The minimum atomic E-state index is -0.673. The van der Waals surface area contributed by atoms with Crippen LogP contribution < -0.4 is 0 Å². The Morgan fingerprint density at radius 2 is 1.82 bits per heavy atom. The van der Waals surface area contributed by atoms with Gasteiger partial charge in [-0.2, -0.15) is 0 Å². The van der Waals surface area contributed by atoms with E-state index in [0.717, 1.165) is 18.4 Å². The molecule has 0 heterocycles. The molecular weight excluding hydrogens is 212 g/mol. The highest BCUT2D eigenvalue weighted by Crippen LogP contribution is 2.47. The van der Waals surface area contributed by atoms with E-state index < -0.39 is 11.4 Å². The quantitative estimate of drug-likeness (QED) is 0.865. The molecule has 0 amide bonds. The van der Waals surface area contributed by atoms with E-state index in [1.165, 1.54) is 5.56 Å². The van der Waals surface area contributed by atoms with Crippen LogP contribution in [0, 0.1) is 5.92 Å². The fourth-order valence-electron chi connectivity index (χ4n) is 2.85. The Kier molecular flexibility index (Phi) is 2.98. The molecule has 1 fully saturated rings. The Morgan fingerprint density at radius 3 is 2.18 bits per heavy atom. The van der Waals surface area contributed by atoms with Crippen molar-refractivity contribution >= 4 is 5.97 Å². The van der Waals surface area contributed by atoms with Crippen LogP contribution in [0.2, 0.25) is 0 Å². The third-order valence-corrected chi connectivity index (χ3v) is 3.93. The summed E-state index contributed by atoms with van der Waals surface area (Å²) in [7, 11) is 0. The van der Waals surface area contributed by atoms with E-state index in [1.54, 1.807) is 0 Å². The number of rotatable bonds is 3. The summed E-state index contributed by atoms with van der Waals surface area (Å²) < 4.78 is 0. The summed E-state index contributed by atoms with van der Waals surface area (Å²) in [5.41, 5.74) is 1.61. The molecule has 1 saturated carbocycles. The van der Waals surface area contributed by atoms with E-state index in [9.17, 15) is 9.90 Å². The first-order valence-electron chi connectivity index (χ1n) is 6.29. The molecule has 1 aromatic carbocycles. The van der Waals surface area contributed by atoms with E-state index in [0.29, 0.717) is 11.8 Å². The molecule has 2 rings (SSSR count). The molecular formula is C15H20O2. The largest absolute Gasteiger partial charge is 0.481 e. The van der Waals surface area contributed by atoms with Gasteiger partial charge >= 0.3 is 5.97 Å². The zero-order chi connectivity index (χ0) is 12.6. The van der Waals surface area contributed by atoms with Crippen LogP contribution in [0.25, 0.3) is 0 Å². The van der Waals surface area contributed by atoms with Crippen molar-refractivity contribution in [3.8, 4) is 0 Å². The van der Waals surface area contributed by atoms with E-state index in [-0.39, 0.29) is 0 Å². The molecule has 1 aliphatic rings. The molecule has 92 valence electrons. The highest BCUT2D eigenvalue weighted by Gasteiger charge is 2.49. The summed E-state index contributed by atoms with van der Waals surface area (Å²) in [6.45, 7) is 6.41. The molecule has 1 aromatic rings. The molecule has 0 saturated heterocycles. The highest BCUT2D eigenvalue weighted by molar-refractivity contribution is 5.82. The fraction of sp³-hybridized carbons (Fsp3) is 0.533. The summed E-state index contributed by atoms with van der Waals surface area (Å²) in [6.07, 6.45) is 1.53. The molecule has 0 bridgehead atoms. The molecule has 0 aromatic heterocycles. The van der Waals surface area contributed by atoms with Crippen molar-refractivity contribution in [3.05, 3.63) is 35.4 Å². The summed E-state index contributed by atoms with van der Waals surface area (Å²) in [5, 5.41) is 9.43. The van der Waals surface area contributed by atoms with Gasteiger partial charge in [-0.3, -0.25) is 4.79 Å². The van der Waals surface area contributed by atoms with Crippen LogP contribution in [0.5, 0.6) is 0 Å². The van der Waals surface area contributed by atoms with Crippen molar-refractivity contribution in [1.29, 1.82) is 0 Å². The van der Waals surface area contributed by atoms with Crippen molar-refractivity contribution in [2.45, 2.75) is 44.9 Å². The number of carboxylic acid groups (broad SMARTS) is 1. The van der Waals surface area contributed by atoms with Crippen molar-refractivity contribution in [2.75, 3.05) is 0 Å². The standard InChI is InChI=1S/C15H20O2/c1-10(2)12-4-6-13(7-5-12)15(14(16)17)8-11(3)9-15/h4-7,10-11H,8-9H2,1-3H3,(H,16,17). The average Bonchev–Trinajstić information content (AvgIpc) is 2.24. The van der Waals surface area contributed by atoms with Gasteiger partial charge in [0.1, 0.15) is 0 Å². The maximum absolute atomic E-state index is 11.5. The first kappa shape index (κ1) is 12.2. The maximum Gasteiger partial charge on any atom is 0.314 e. The van der Waals surface area contributed by atoms with Crippen LogP contribution in [0.4, 0.5) is 0 Å². The molecule has 1 aliphatic carbocycles. The Bertz CT molecular complexity index is 411. The molecule has 17 heavy (non-hydrogen) atoms. The second-order valence-corrected chi connectivity index (χ2v) is 5.68. The number of carboxylic acids is 1. The number of hydrogen-bond donors (Lipinski definition) is 1. The zero-order valence-corrected chi connectivity index (χ0v) is 10.7. The lowest BCUT2D eigenvalue weighted by molar-refractivity contribution is -0.149. The molecule has 0 aliphatic heterocycles. The first-order valence-corrected chi connectivity index (χ1v) is 6.29. The van der Waals surface area contributed by atoms with Crippen LogP contribution in [0.1, 0.15) is 50.7 Å². The van der Waals surface area contributed by atoms with Gasteiger partial charge in [0, 0.05) is 0 Å². The summed E-state index contributed by atoms with van der Waals surface area (Å²) in [6, 6.07) is 8.12. The molecule has 0 unspecified atom stereocenters. The van der Waals surface area contributed by atoms with Gasteiger partial charge in [-0.15, -0.1) is 0 Å². The van der Waals surface area contributed by atoms with E-state index in [1.807, 2.05) is 12.1 Å². The second-order valence-electron chi connectivity index (χ2n) is 5.68. The van der Waals surface area contributed by atoms with Gasteiger partial charge in [-0.25, -0.2) is 0 Å². The topological polar surface area (TPSA) is 37.3 Å². The highest BCUT2D eigenvalue weighted by atomic mass is 16.4. The number of carbonyl (C=O) groups is 1. The minimum Gasteiger partial charge on any atom is -0.481 e. The monoisotopic (exact) mass is 232 g/mol. The lowest BCUT2D eigenvalue weighted by Gasteiger charge is -2.43. The molecule has 0 atom stereocenters. The summed E-state index contributed by atoms with van der Waals surface area (Å²) in [5.74, 6) is 0.342. The predicted molar refractivity (Wildman–Crippen MR) is 68.2 cm³/mol. The van der Waals surface area contributed by atoms with Crippen LogP contribution in [0.15, 0.2) is 24.3 Å². The van der Waals surface area contributed by atoms with E-state index >= 15 is 0 Å². The van der Waals surface area contributed by atoms with Crippen LogP contribution in [-0.2, 0) is 10.2 Å². The summed E-state index contributed by atoms with van der Waals surface area (Å²) >= 11 is 0. The SMILES string of the molecule is CC1CC(C(=O)O)(c2ccc(C(C)C)cc2)C1. The third-order valence-electron chi connectivity index (χ3n) is 3.93. The van der Waals surface area contributed by atoms with Crippen molar-refractivity contribution < 1.29 is 9.90 Å². The molecule has 0 radical (unpaired) electrons. The normalized spacial score (nSPS) is 27.9.